The van der Waals surface area contributed by atoms with Gasteiger partial charge in [0.1, 0.15) is 4.90 Å². The molecule has 0 unspecified atom stereocenters. The lowest BCUT2D eigenvalue weighted by Gasteiger charge is -2.04. The van der Waals surface area contributed by atoms with Gasteiger partial charge in [0.05, 0.1) is 5.69 Å². The smallest absolute Gasteiger partial charge is 0.241 e. The van der Waals surface area contributed by atoms with Gasteiger partial charge < -0.3 is 5.32 Å². The summed E-state index contributed by atoms with van der Waals surface area (Å²) in [4.78, 5) is 3.67. The molecule has 0 spiro atoms. The van der Waals surface area contributed by atoms with E-state index in [9.17, 15) is 8.42 Å². The van der Waals surface area contributed by atoms with Crippen LogP contribution in [0, 0.1) is 0 Å². The molecule has 0 aliphatic rings. The predicted molar refractivity (Wildman–Crippen MR) is 45.2 cm³/mol. The third kappa shape index (κ3) is 1.72. The highest BCUT2D eigenvalue weighted by atomic mass is 32.2. The molecule has 0 bridgehead atoms. The van der Waals surface area contributed by atoms with Crippen molar-refractivity contribution in [3.05, 3.63) is 18.5 Å². The van der Waals surface area contributed by atoms with E-state index in [0.717, 1.165) is 0 Å². The minimum atomic E-state index is -3.67. The zero-order chi connectivity index (χ0) is 9.19. The lowest BCUT2D eigenvalue weighted by atomic mass is 10.4. The van der Waals surface area contributed by atoms with Gasteiger partial charge in [-0.3, -0.25) is 4.98 Å². The highest BCUT2D eigenvalue weighted by Gasteiger charge is 2.11. The van der Waals surface area contributed by atoms with Crippen LogP contribution >= 0.6 is 0 Å². The lowest BCUT2D eigenvalue weighted by molar-refractivity contribution is 0.597. The third-order valence-corrected chi connectivity index (χ3v) is 2.30. The average Bonchev–Trinajstić information content (AvgIpc) is 2.03. The molecule has 0 fully saturated rings. The van der Waals surface area contributed by atoms with Crippen LogP contribution in [0.4, 0.5) is 5.69 Å². The average molecular weight is 187 g/mol. The van der Waals surface area contributed by atoms with E-state index in [1.807, 2.05) is 0 Å². The Hall–Kier alpha value is -1.14. The van der Waals surface area contributed by atoms with Crippen molar-refractivity contribution in [2.45, 2.75) is 4.90 Å². The molecule has 0 saturated heterocycles. The molecule has 0 aliphatic carbocycles. The van der Waals surface area contributed by atoms with E-state index in [-0.39, 0.29) is 4.90 Å². The molecule has 0 radical (unpaired) electrons. The van der Waals surface area contributed by atoms with E-state index < -0.39 is 10.0 Å². The highest BCUT2D eigenvalue weighted by molar-refractivity contribution is 7.89. The number of primary sulfonamides is 1. The second kappa shape index (κ2) is 3.08. The van der Waals surface area contributed by atoms with Crippen LogP contribution in [0.5, 0.6) is 0 Å². The molecule has 1 heterocycles. The van der Waals surface area contributed by atoms with Crippen molar-refractivity contribution in [1.82, 2.24) is 4.98 Å². The van der Waals surface area contributed by atoms with E-state index in [1.165, 1.54) is 12.4 Å². The van der Waals surface area contributed by atoms with Crippen LogP contribution < -0.4 is 10.5 Å². The molecule has 0 aliphatic heterocycles. The molecule has 0 amide bonds. The first-order valence-electron chi connectivity index (χ1n) is 3.20. The highest BCUT2D eigenvalue weighted by Crippen LogP contribution is 2.16. The van der Waals surface area contributed by atoms with Crippen molar-refractivity contribution in [3.8, 4) is 0 Å². The van der Waals surface area contributed by atoms with Crippen molar-refractivity contribution in [3.63, 3.8) is 0 Å². The van der Waals surface area contributed by atoms with Crippen molar-refractivity contribution in [2.75, 3.05) is 12.4 Å². The van der Waals surface area contributed by atoms with Gasteiger partial charge in [0, 0.05) is 19.4 Å². The number of pyridine rings is 1. The molecule has 5 nitrogen and oxygen atoms in total. The lowest BCUT2D eigenvalue weighted by Crippen LogP contribution is -2.14. The fraction of sp³-hybridized carbons (Fsp3) is 0.167. The van der Waals surface area contributed by atoms with Crippen LogP contribution in [0.2, 0.25) is 0 Å². The second-order valence-electron chi connectivity index (χ2n) is 2.17. The minimum Gasteiger partial charge on any atom is -0.387 e. The summed E-state index contributed by atoms with van der Waals surface area (Å²) in [7, 11) is -2.06. The van der Waals surface area contributed by atoms with E-state index in [2.05, 4.69) is 10.3 Å². The fourth-order valence-electron chi connectivity index (χ4n) is 0.813. The molecule has 1 rings (SSSR count). The zero-order valence-electron chi connectivity index (χ0n) is 6.48. The van der Waals surface area contributed by atoms with Gasteiger partial charge in [0.2, 0.25) is 10.0 Å². The van der Waals surface area contributed by atoms with Gasteiger partial charge in [-0.2, -0.15) is 0 Å². The summed E-state index contributed by atoms with van der Waals surface area (Å²) in [6.07, 6.45) is 2.70. The largest absolute Gasteiger partial charge is 0.387 e. The monoisotopic (exact) mass is 187 g/mol. The number of hydrogen-bond donors (Lipinski definition) is 2. The van der Waals surface area contributed by atoms with E-state index in [0.29, 0.717) is 5.69 Å². The summed E-state index contributed by atoms with van der Waals surface area (Å²) in [6, 6.07) is 1.54. The second-order valence-corrected chi connectivity index (χ2v) is 3.70. The first kappa shape index (κ1) is 8.95. The number of nitrogens with one attached hydrogen (secondary N) is 1. The normalized spacial score (nSPS) is 11.2. The van der Waals surface area contributed by atoms with Gasteiger partial charge in [-0.25, -0.2) is 13.6 Å². The maximum atomic E-state index is 10.9. The van der Waals surface area contributed by atoms with E-state index >= 15 is 0 Å². The SMILES string of the molecule is CNc1ccncc1S(N)(=O)=O. The Morgan fingerprint density at radius 2 is 2.25 bits per heavy atom. The summed E-state index contributed by atoms with van der Waals surface area (Å²) in [6.45, 7) is 0. The number of anilines is 1. The topological polar surface area (TPSA) is 85.1 Å². The number of rotatable bonds is 2. The van der Waals surface area contributed by atoms with Gasteiger partial charge in [0.25, 0.3) is 0 Å². The van der Waals surface area contributed by atoms with Crippen LogP contribution in [0.15, 0.2) is 23.4 Å². The number of nitrogens with two attached hydrogens (primary N) is 1. The van der Waals surface area contributed by atoms with Gasteiger partial charge in [0.15, 0.2) is 0 Å². The summed E-state index contributed by atoms with van der Waals surface area (Å²) in [5.41, 5.74) is 0.451. The standard InChI is InChI=1S/C6H9N3O2S/c1-8-5-2-3-9-4-6(5)12(7,10)11/h2-4H,1H3,(H,8,9)(H2,7,10,11). The summed E-state index contributed by atoms with van der Waals surface area (Å²) < 4.78 is 21.8. The van der Waals surface area contributed by atoms with Crippen LogP contribution in [-0.2, 0) is 10.0 Å². The molecule has 66 valence electrons. The molecule has 0 atom stereocenters. The Bertz CT molecular complexity index is 374. The maximum Gasteiger partial charge on any atom is 0.241 e. The summed E-state index contributed by atoms with van der Waals surface area (Å²) in [5, 5.41) is 7.63. The van der Waals surface area contributed by atoms with Crippen molar-refractivity contribution in [2.24, 2.45) is 5.14 Å². The molecule has 12 heavy (non-hydrogen) atoms. The van der Waals surface area contributed by atoms with E-state index in [4.69, 9.17) is 5.14 Å². The van der Waals surface area contributed by atoms with Crippen LogP contribution in [0.25, 0.3) is 0 Å². The van der Waals surface area contributed by atoms with Gasteiger partial charge in [-0.05, 0) is 6.07 Å². The van der Waals surface area contributed by atoms with Crippen LogP contribution in [0.1, 0.15) is 0 Å². The van der Waals surface area contributed by atoms with Gasteiger partial charge >= 0.3 is 0 Å². The molecule has 6 heteroatoms. The van der Waals surface area contributed by atoms with Crippen molar-refractivity contribution in [1.29, 1.82) is 0 Å². The Labute approximate surface area is 70.7 Å². The molecule has 3 N–H and O–H groups in total. The van der Waals surface area contributed by atoms with Crippen LogP contribution in [0.3, 0.4) is 0 Å². The Kier molecular flexibility index (Phi) is 2.30. The summed E-state index contributed by atoms with van der Waals surface area (Å²) >= 11 is 0. The van der Waals surface area contributed by atoms with Gasteiger partial charge in [-0.15, -0.1) is 0 Å². The third-order valence-electron chi connectivity index (χ3n) is 1.36. The molecular formula is C6H9N3O2S. The van der Waals surface area contributed by atoms with E-state index in [1.54, 1.807) is 13.1 Å². The molecule has 1 aromatic rings. The first-order chi connectivity index (χ1) is 5.55. The van der Waals surface area contributed by atoms with Gasteiger partial charge in [-0.1, -0.05) is 0 Å². The van der Waals surface area contributed by atoms with Crippen molar-refractivity contribution >= 4 is 15.7 Å². The Morgan fingerprint density at radius 1 is 1.58 bits per heavy atom. The number of nitrogens with zero attached hydrogens (tertiary/aromatic N) is 1. The summed E-state index contributed by atoms with van der Waals surface area (Å²) in [5.74, 6) is 0. The fourth-order valence-corrected chi connectivity index (χ4v) is 1.50. The maximum absolute atomic E-state index is 10.9. The quantitative estimate of drug-likeness (QED) is 0.669. The number of aromatic nitrogens is 1. The molecule has 0 aromatic carbocycles. The van der Waals surface area contributed by atoms with Crippen molar-refractivity contribution < 1.29 is 8.42 Å². The Balaban J connectivity index is 3.33. The zero-order valence-corrected chi connectivity index (χ0v) is 7.30. The number of sulfonamides is 1. The molecule has 1 aromatic heterocycles. The molecular weight excluding hydrogens is 178 g/mol. The van der Waals surface area contributed by atoms with Crippen LogP contribution in [-0.4, -0.2) is 20.4 Å². The molecule has 0 saturated carbocycles. The Morgan fingerprint density at radius 3 is 2.67 bits per heavy atom. The predicted octanol–water partition coefficient (Wildman–Crippen LogP) is -0.229. The minimum absolute atomic E-state index is 0.00694. The first-order valence-corrected chi connectivity index (χ1v) is 4.75. The number of hydrogen-bond acceptors (Lipinski definition) is 4.